The minimum absolute atomic E-state index is 0.0400. The van der Waals surface area contributed by atoms with E-state index in [9.17, 15) is 24.3 Å². The first kappa shape index (κ1) is 47.4. The van der Waals surface area contributed by atoms with E-state index in [0.717, 1.165) is 72.8 Å². The minimum Gasteiger partial charge on any atom is -0.456 e. The van der Waals surface area contributed by atoms with Crippen molar-refractivity contribution in [3.8, 4) is 11.5 Å². The maximum Gasteiger partial charge on any atom is 0.340 e. The van der Waals surface area contributed by atoms with Gasteiger partial charge in [0.1, 0.15) is 30.0 Å². The molecule has 3 amide bonds. The Bertz CT molecular complexity index is 2830. The van der Waals surface area contributed by atoms with E-state index in [1.165, 1.54) is 0 Å². The smallest absolute Gasteiger partial charge is 0.340 e. The Morgan fingerprint density at radius 2 is 1.54 bits per heavy atom. The van der Waals surface area contributed by atoms with E-state index in [2.05, 4.69) is 16.0 Å². The van der Waals surface area contributed by atoms with Gasteiger partial charge in [-0.3, -0.25) is 19.7 Å². The molecule has 1 fully saturated rings. The lowest BCUT2D eigenvalue weighted by Gasteiger charge is -2.36. The van der Waals surface area contributed by atoms with Gasteiger partial charge in [0.05, 0.1) is 15.8 Å². The molecular formula is C54H61N7O7S. The molecule has 69 heavy (non-hydrogen) atoms. The number of unbranched alkanes of at least 4 members (excludes halogenated alkanes) is 5. The number of aliphatic hydroxyl groups excluding tert-OH is 1. The molecule has 1 unspecified atom stereocenters. The predicted octanol–water partition coefficient (Wildman–Crippen LogP) is 8.82. The molecule has 4 aromatic carbocycles. The maximum atomic E-state index is 13.7. The summed E-state index contributed by atoms with van der Waals surface area (Å²) in [6.45, 7) is 5.78. The highest BCUT2D eigenvalue weighted by Gasteiger charge is 2.54. The fourth-order valence-electron chi connectivity index (χ4n) is 10.2. The number of aromatic nitrogens is 1. The number of aliphatic hydroxyl groups is 1. The summed E-state index contributed by atoms with van der Waals surface area (Å²) in [5, 5.41) is 22.8. The fourth-order valence-corrected chi connectivity index (χ4v) is 11.0. The second-order valence-corrected chi connectivity index (χ2v) is 19.5. The van der Waals surface area contributed by atoms with Crippen molar-refractivity contribution in [2.24, 2.45) is 5.92 Å². The number of nitrogens with zero attached hydrogens (tertiary/aromatic N) is 2. The Kier molecular flexibility index (Phi) is 14.1. The number of rotatable bonds is 18. The van der Waals surface area contributed by atoms with Crippen LogP contribution in [0.5, 0.6) is 11.5 Å². The summed E-state index contributed by atoms with van der Waals surface area (Å²) in [5.41, 5.74) is 18.1. The first-order valence-electron chi connectivity index (χ1n) is 24.2. The summed E-state index contributed by atoms with van der Waals surface area (Å²) in [6.07, 6.45) is 7.78. The lowest BCUT2D eigenvalue weighted by atomic mass is 9.77. The zero-order valence-electron chi connectivity index (χ0n) is 39.2. The molecular weight excluding hydrogens is 891 g/mol. The zero-order valence-corrected chi connectivity index (χ0v) is 40.0. The summed E-state index contributed by atoms with van der Waals surface area (Å²) in [7, 11) is 0. The van der Waals surface area contributed by atoms with Gasteiger partial charge in [0.15, 0.2) is 5.60 Å². The van der Waals surface area contributed by atoms with E-state index >= 15 is 0 Å². The molecule has 6 aromatic rings. The molecule has 14 nitrogen and oxygen atoms in total. The molecule has 1 atom stereocenters. The number of nitrogens with one attached hydrogen (secondary N) is 3. The Balaban J connectivity index is 0.677. The SMILES string of the molecule is CCN(C(=O)Cn1c(C(=O)N[C@H]2CC[C@H](C(=O)NCCCCCCCCNC(O)c3ccc4c(c3)C3(OC4=O)c4ccc(N)cc4Oc4cc(N)ccc43)CC2)cc2sccc21)c1cccc(C)c1. The molecule has 0 bridgehead atoms. The van der Waals surface area contributed by atoms with Gasteiger partial charge < -0.3 is 46.1 Å². The molecule has 1 saturated carbocycles. The summed E-state index contributed by atoms with van der Waals surface area (Å²) in [6, 6.07) is 27.5. The number of thiophene rings is 1. The number of ether oxygens (including phenoxy) is 2. The summed E-state index contributed by atoms with van der Waals surface area (Å²) >= 11 is 1.55. The highest BCUT2D eigenvalue weighted by molar-refractivity contribution is 7.17. The Labute approximate surface area is 406 Å². The normalized spacial score (nSPS) is 17.1. The number of aryl methyl sites for hydroxylation is 1. The van der Waals surface area contributed by atoms with E-state index in [1.807, 2.05) is 78.4 Å². The number of amides is 3. The first-order valence-corrected chi connectivity index (χ1v) is 25.1. The number of hydrogen-bond acceptors (Lipinski definition) is 11. The van der Waals surface area contributed by atoms with Crippen LogP contribution in [0.2, 0.25) is 0 Å². The number of hydrogen-bond donors (Lipinski definition) is 6. The van der Waals surface area contributed by atoms with Crippen molar-refractivity contribution in [2.45, 2.75) is 102 Å². The van der Waals surface area contributed by atoms with Gasteiger partial charge >= 0.3 is 5.97 Å². The summed E-state index contributed by atoms with van der Waals surface area (Å²) < 4.78 is 15.2. The van der Waals surface area contributed by atoms with E-state index < -0.39 is 17.8 Å². The molecule has 360 valence electrons. The van der Waals surface area contributed by atoms with Crippen LogP contribution in [0.1, 0.15) is 126 Å². The third-order valence-electron chi connectivity index (χ3n) is 13.8. The van der Waals surface area contributed by atoms with Crippen LogP contribution in [-0.4, -0.2) is 59.0 Å². The topological polar surface area (TPSA) is 203 Å². The molecule has 0 saturated heterocycles. The predicted molar refractivity (Wildman–Crippen MR) is 269 cm³/mol. The van der Waals surface area contributed by atoms with Crippen molar-refractivity contribution in [3.63, 3.8) is 0 Å². The van der Waals surface area contributed by atoms with Gasteiger partial charge in [-0.2, -0.15) is 0 Å². The van der Waals surface area contributed by atoms with Crippen LogP contribution in [0.15, 0.2) is 96.4 Å². The van der Waals surface area contributed by atoms with Crippen LogP contribution < -0.4 is 37.1 Å². The largest absolute Gasteiger partial charge is 0.456 e. The second kappa shape index (κ2) is 20.5. The third-order valence-corrected chi connectivity index (χ3v) is 14.7. The lowest BCUT2D eigenvalue weighted by Crippen LogP contribution is -2.42. The number of fused-ring (bicyclic) bond motifs is 7. The quantitative estimate of drug-likeness (QED) is 0.0209. The first-order chi connectivity index (χ1) is 33.4. The van der Waals surface area contributed by atoms with Gasteiger partial charge in [-0.25, -0.2) is 4.79 Å². The van der Waals surface area contributed by atoms with Gasteiger partial charge in [0.2, 0.25) is 11.8 Å². The van der Waals surface area contributed by atoms with Gasteiger partial charge in [-0.05, 0) is 136 Å². The number of carbonyl (C=O) groups is 4. The van der Waals surface area contributed by atoms with Crippen LogP contribution in [0, 0.1) is 12.8 Å². The minimum atomic E-state index is -1.30. The van der Waals surface area contributed by atoms with Crippen LogP contribution in [0.25, 0.3) is 10.2 Å². The second-order valence-electron chi connectivity index (χ2n) is 18.5. The van der Waals surface area contributed by atoms with Crippen molar-refractivity contribution < 1.29 is 33.8 Å². The van der Waals surface area contributed by atoms with E-state index in [1.54, 1.807) is 52.6 Å². The number of nitrogen functional groups attached to an aromatic ring is 2. The molecule has 4 heterocycles. The fraction of sp³-hybridized carbons (Fsp3) is 0.370. The Morgan fingerprint density at radius 3 is 2.23 bits per heavy atom. The number of likely N-dealkylation sites (N-methyl/N-ethyl adjacent to an activating group) is 1. The van der Waals surface area contributed by atoms with Crippen molar-refractivity contribution in [1.82, 2.24) is 20.5 Å². The number of nitrogens with two attached hydrogens (primary N) is 2. The van der Waals surface area contributed by atoms with Gasteiger partial charge in [-0.1, -0.05) is 43.9 Å². The van der Waals surface area contributed by atoms with Crippen molar-refractivity contribution in [2.75, 3.05) is 36.0 Å². The number of anilines is 3. The molecule has 3 aliphatic rings. The number of carbonyl (C=O) groups excluding carboxylic acids is 4. The van der Waals surface area contributed by atoms with Crippen LogP contribution in [-0.2, 0) is 26.5 Å². The number of esters is 1. The molecule has 15 heteroatoms. The standard InChI is InChI=1S/C54H61N7O7S/c1-3-60(39-12-10-11-33(2)27-39)49(62)32-61-44-23-26-69-48(44)31-45(61)52(65)59-38-18-13-34(14-19-38)50(63)57-24-8-6-4-5-7-9-25-58-51(64)35-15-20-40-43(28-35)54(68-53(40)66)41-21-16-36(55)29-46(41)67-47-30-37(56)17-22-42(47)54/h10-12,15-17,20-23,26-31,34,38,51,58,64H,3-9,13-14,18-19,24-25,32,55-56H2,1-2H3,(H,57,63)(H,59,65)/t34-,38-,51?. The molecule has 8 N–H and O–H groups in total. The van der Waals surface area contributed by atoms with E-state index in [4.69, 9.17) is 20.9 Å². The molecule has 9 rings (SSSR count). The maximum absolute atomic E-state index is 13.7. The third kappa shape index (κ3) is 9.81. The highest BCUT2D eigenvalue weighted by atomic mass is 32.1. The van der Waals surface area contributed by atoms with Gasteiger partial charge in [0, 0.05) is 70.9 Å². The van der Waals surface area contributed by atoms with Crippen LogP contribution in [0.3, 0.4) is 0 Å². The van der Waals surface area contributed by atoms with Crippen molar-refractivity contribution in [1.29, 1.82) is 0 Å². The average molecular weight is 952 g/mol. The van der Waals surface area contributed by atoms with Crippen molar-refractivity contribution >= 4 is 62.3 Å². The molecule has 2 aromatic heterocycles. The Hall–Kier alpha value is -6.68. The monoisotopic (exact) mass is 951 g/mol. The zero-order chi connectivity index (χ0) is 48.2. The average Bonchev–Trinajstić information content (AvgIpc) is 4.02. The molecule has 1 spiro atoms. The van der Waals surface area contributed by atoms with Gasteiger partial charge in [0.25, 0.3) is 5.91 Å². The Morgan fingerprint density at radius 1 is 0.841 bits per heavy atom. The molecule has 0 radical (unpaired) electrons. The van der Waals surface area contributed by atoms with Crippen molar-refractivity contribution in [3.05, 3.63) is 135 Å². The summed E-state index contributed by atoms with van der Waals surface area (Å²) in [4.78, 5) is 55.6. The molecule has 1 aliphatic carbocycles. The molecule has 2 aliphatic heterocycles. The van der Waals surface area contributed by atoms with E-state index in [0.29, 0.717) is 88.9 Å². The van der Waals surface area contributed by atoms with Crippen LogP contribution >= 0.6 is 11.3 Å². The van der Waals surface area contributed by atoms with Gasteiger partial charge in [-0.15, -0.1) is 11.3 Å². The van der Waals surface area contributed by atoms with E-state index in [-0.39, 0.29) is 36.2 Å². The highest BCUT2D eigenvalue weighted by Crippen LogP contribution is 2.57. The lowest BCUT2D eigenvalue weighted by molar-refractivity contribution is -0.126. The summed E-state index contributed by atoms with van der Waals surface area (Å²) in [5.74, 6) is 0.206. The number of benzene rings is 4. The van der Waals surface area contributed by atoms with Crippen LogP contribution in [0.4, 0.5) is 17.1 Å².